The largest absolute Gasteiger partial charge is 2.00 e. The quantitative estimate of drug-likeness (QED) is 0.515. The van der Waals surface area contributed by atoms with Gasteiger partial charge >= 0.3 is 16.8 Å². The standard InChI is InChI=1S/C27H36N2O2.2C2H4O2.Co/c1-26(2,3)20-10-12-24(30)18(14-20)16-28-22-8-7-9-23(22)29-17-19-15-21(27(4,5)6)11-13-25(19)31;2*1-2(3)4;/h10-17,22-23,30-31H,7-9H2,1-6H3;2*1H3,(H,3,4);/q;;;+2/p-2. The number of nitrogens with zero attached hydrogens (tertiary/aromatic N) is 2. The van der Waals surface area contributed by atoms with Crippen molar-refractivity contribution in [3.63, 3.8) is 0 Å². The second-order valence-electron chi connectivity index (χ2n) is 11.7. The van der Waals surface area contributed by atoms with Gasteiger partial charge in [-0.05, 0) is 79.3 Å². The SMILES string of the molecule is CC(=O)[O-].CC(=O)[O-].CC(C)(C)c1ccc(O)c(C=NC2CCCC2N=Cc2cc(C(C)(C)C)ccc2O)c1.[Co+2]. The third kappa shape index (κ3) is 13.3. The minimum Gasteiger partial charge on any atom is -0.550 e. The van der Waals surface area contributed by atoms with Crippen molar-refractivity contribution in [2.24, 2.45) is 9.98 Å². The predicted octanol–water partition coefficient (Wildman–Crippen LogP) is 3.66. The maximum Gasteiger partial charge on any atom is 2.00 e. The van der Waals surface area contributed by atoms with Crippen LogP contribution in [0.15, 0.2) is 46.4 Å². The van der Waals surface area contributed by atoms with Crippen molar-refractivity contribution < 1.29 is 46.8 Å². The van der Waals surface area contributed by atoms with Crippen LogP contribution in [0.25, 0.3) is 0 Å². The fourth-order valence-electron chi connectivity index (χ4n) is 3.87. The van der Waals surface area contributed by atoms with E-state index < -0.39 is 11.9 Å². The summed E-state index contributed by atoms with van der Waals surface area (Å²) in [5.74, 6) is -1.67. The van der Waals surface area contributed by atoms with Gasteiger partial charge in [0.25, 0.3) is 0 Å². The predicted molar refractivity (Wildman–Crippen MR) is 152 cm³/mol. The van der Waals surface area contributed by atoms with E-state index in [9.17, 15) is 10.2 Å². The molecular formula is C31H42CoN2O6. The molecule has 9 heteroatoms. The van der Waals surface area contributed by atoms with E-state index in [2.05, 4.69) is 41.5 Å². The second-order valence-corrected chi connectivity index (χ2v) is 11.7. The molecule has 0 bridgehead atoms. The zero-order valence-corrected chi connectivity index (χ0v) is 25.7. The van der Waals surface area contributed by atoms with Gasteiger partial charge in [-0.3, -0.25) is 9.98 Å². The van der Waals surface area contributed by atoms with Crippen LogP contribution in [0.5, 0.6) is 11.5 Å². The van der Waals surface area contributed by atoms with Crippen molar-refractivity contribution in [3.05, 3.63) is 58.7 Å². The summed E-state index contributed by atoms with van der Waals surface area (Å²) >= 11 is 0. The van der Waals surface area contributed by atoms with Crippen LogP contribution in [0.4, 0.5) is 0 Å². The van der Waals surface area contributed by atoms with Crippen molar-refractivity contribution in [2.45, 2.75) is 97.6 Å². The average molecular weight is 598 g/mol. The summed E-state index contributed by atoms with van der Waals surface area (Å²) in [4.78, 5) is 27.4. The molecule has 3 rings (SSSR count). The molecule has 1 radical (unpaired) electrons. The average Bonchev–Trinajstić information content (AvgIpc) is 3.23. The first-order chi connectivity index (χ1) is 17.9. The summed E-state index contributed by atoms with van der Waals surface area (Å²) < 4.78 is 0. The van der Waals surface area contributed by atoms with Gasteiger partial charge < -0.3 is 30.0 Å². The van der Waals surface area contributed by atoms with Gasteiger partial charge in [0.1, 0.15) is 11.5 Å². The van der Waals surface area contributed by atoms with Crippen LogP contribution in [0.1, 0.15) is 96.9 Å². The van der Waals surface area contributed by atoms with Crippen molar-refractivity contribution in [2.75, 3.05) is 0 Å². The molecule has 2 N–H and O–H groups in total. The third-order valence-corrected chi connectivity index (χ3v) is 6.04. The van der Waals surface area contributed by atoms with E-state index in [1.165, 1.54) is 11.1 Å². The fraction of sp³-hybridized carbons (Fsp3) is 0.484. The summed E-state index contributed by atoms with van der Waals surface area (Å²) in [5.41, 5.74) is 3.86. The molecule has 0 aromatic heterocycles. The molecule has 1 fully saturated rings. The Balaban J connectivity index is 0.00000149. The number of carboxylic acids is 2. The number of hydrogen-bond acceptors (Lipinski definition) is 8. The molecule has 0 spiro atoms. The number of hydrogen-bond donors (Lipinski definition) is 2. The number of aromatic hydroxyl groups is 2. The summed E-state index contributed by atoms with van der Waals surface area (Å²) in [5, 5.41) is 38.3. The van der Waals surface area contributed by atoms with Crippen LogP contribution in [0.2, 0.25) is 0 Å². The van der Waals surface area contributed by atoms with E-state index in [4.69, 9.17) is 29.8 Å². The number of carbonyl (C=O) groups is 2. The minimum absolute atomic E-state index is 0. The molecule has 1 aliphatic carbocycles. The van der Waals surface area contributed by atoms with Gasteiger partial charge in [-0.15, -0.1) is 0 Å². The molecule has 2 atom stereocenters. The third-order valence-electron chi connectivity index (χ3n) is 6.04. The number of benzene rings is 2. The second kappa shape index (κ2) is 16.2. The zero-order valence-electron chi connectivity index (χ0n) is 24.7. The van der Waals surface area contributed by atoms with Crippen molar-refractivity contribution >= 4 is 24.4 Å². The monoisotopic (exact) mass is 597 g/mol. The van der Waals surface area contributed by atoms with Crippen LogP contribution in [-0.4, -0.2) is 46.7 Å². The maximum atomic E-state index is 10.3. The smallest absolute Gasteiger partial charge is 0.550 e. The Morgan fingerprint density at radius 3 is 1.32 bits per heavy atom. The van der Waals surface area contributed by atoms with Gasteiger partial charge in [0, 0.05) is 35.5 Å². The van der Waals surface area contributed by atoms with Gasteiger partial charge in [0.05, 0.1) is 12.1 Å². The summed E-state index contributed by atoms with van der Waals surface area (Å²) in [6.45, 7) is 14.9. The molecule has 2 unspecified atom stereocenters. The molecule has 2 aromatic rings. The molecule has 0 aliphatic heterocycles. The number of aliphatic imine (C=N–C) groups is 2. The molecule has 0 heterocycles. The first-order valence-corrected chi connectivity index (χ1v) is 13.0. The number of carbonyl (C=O) groups excluding carboxylic acids is 2. The van der Waals surface area contributed by atoms with E-state index in [1.807, 2.05) is 24.3 Å². The van der Waals surface area contributed by atoms with E-state index in [0.29, 0.717) is 0 Å². The normalized spacial score (nSPS) is 16.9. The number of rotatable bonds is 4. The van der Waals surface area contributed by atoms with Crippen molar-refractivity contribution in [1.29, 1.82) is 0 Å². The number of phenolic OH excluding ortho intramolecular Hbond substituents is 2. The zero-order chi connectivity index (χ0) is 30.0. The first-order valence-electron chi connectivity index (χ1n) is 13.0. The summed E-state index contributed by atoms with van der Waals surface area (Å²) in [7, 11) is 0. The van der Waals surface area contributed by atoms with Crippen molar-refractivity contribution in [1.82, 2.24) is 0 Å². The number of carboxylic acid groups (broad SMARTS) is 2. The molecule has 0 amide bonds. The Bertz CT molecular complexity index is 1080. The van der Waals surface area contributed by atoms with E-state index >= 15 is 0 Å². The number of aliphatic carboxylic acids is 2. The van der Waals surface area contributed by atoms with Crippen LogP contribution in [0.3, 0.4) is 0 Å². The Morgan fingerprint density at radius 1 is 0.750 bits per heavy atom. The van der Waals surface area contributed by atoms with Gasteiger partial charge in [-0.2, -0.15) is 0 Å². The van der Waals surface area contributed by atoms with Crippen LogP contribution in [0, 0.1) is 0 Å². The minimum atomic E-state index is -1.08. The molecule has 0 saturated heterocycles. The Morgan fingerprint density at radius 2 is 1.05 bits per heavy atom. The molecule has 1 aliphatic rings. The Hall–Kier alpha value is -3.17. The van der Waals surface area contributed by atoms with Crippen LogP contribution in [-0.2, 0) is 37.2 Å². The molecule has 1 saturated carbocycles. The fourth-order valence-corrected chi connectivity index (χ4v) is 3.87. The van der Waals surface area contributed by atoms with Gasteiger partial charge in [0.2, 0.25) is 0 Å². The molecule has 8 nitrogen and oxygen atoms in total. The maximum absolute atomic E-state index is 10.3. The van der Waals surface area contributed by atoms with E-state index in [-0.39, 0.29) is 51.2 Å². The molecule has 2 aromatic carbocycles. The summed E-state index contributed by atoms with van der Waals surface area (Å²) in [6.07, 6.45) is 6.62. The first kappa shape index (κ1) is 36.8. The number of phenols is 2. The Kier molecular flexibility index (Phi) is 14.9. The van der Waals surface area contributed by atoms with Crippen molar-refractivity contribution in [3.8, 4) is 11.5 Å². The van der Waals surface area contributed by atoms with Gasteiger partial charge in [0.15, 0.2) is 0 Å². The van der Waals surface area contributed by atoms with Crippen LogP contribution < -0.4 is 10.2 Å². The van der Waals surface area contributed by atoms with E-state index in [1.54, 1.807) is 24.6 Å². The summed E-state index contributed by atoms with van der Waals surface area (Å²) in [6, 6.07) is 11.6. The van der Waals surface area contributed by atoms with E-state index in [0.717, 1.165) is 44.2 Å². The molecule has 221 valence electrons. The topological polar surface area (TPSA) is 145 Å². The van der Waals surface area contributed by atoms with Crippen LogP contribution >= 0.6 is 0 Å². The van der Waals surface area contributed by atoms with Gasteiger partial charge in [-0.25, -0.2) is 0 Å². The molecule has 40 heavy (non-hydrogen) atoms. The Labute approximate surface area is 248 Å². The van der Waals surface area contributed by atoms with Gasteiger partial charge in [-0.1, -0.05) is 53.7 Å². The molecular weight excluding hydrogens is 555 g/mol.